The van der Waals surface area contributed by atoms with Crippen LogP contribution in [0.5, 0.6) is 0 Å². The average molecular weight is 483 g/mol. The van der Waals surface area contributed by atoms with Crippen LogP contribution in [-0.4, -0.2) is 55.8 Å². The van der Waals surface area contributed by atoms with Crippen LogP contribution in [0, 0.1) is 0 Å². The molecule has 1 aliphatic heterocycles. The number of nitrogens with zero attached hydrogens (tertiary/aromatic N) is 5. The molecule has 2 amide bonds. The molecule has 0 saturated carbocycles. The van der Waals surface area contributed by atoms with Crippen LogP contribution in [0.1, 0.15) is 32.4 Å². The van der Waals surface area contributed by atoms with Crippen LogP contribution in [0.2, 0.25) is 0 Å². The van der Waals surface area contributed by atoms with Crippen LogP contribution in [-0.2, 0) is 16.1 Å². The van der Waals surface area contributed by atoms with Gasteiger partial charge in [0.15, 0.2) is 0 Å². The summed E-state index contributed by atoms with van der Waals surface area (Å²) in [4.78, 5) is 27.5. The topological polar surface area (TPSA) is 115 Å². The Labute approximate surface area is 201 Å². The van der Waals surface area contributed by atoms with Gasteiger partial charge in [-0.1, -0.05) is 42.1 Å². The molecule has 178 valence electrons. The predicted molar refractivity (Wildman–Crippen MR) is 126 cm³/mol. The zero-order chi connectivity index (χ0) is 24.1. The smallest absolute Gasteiger partial charge is 0.338 e. The first kappa shape index (κ1) is 23.6. The number of rotatable bonds is 9. The molecule has 4 rings (SSSR count). The number of carbonyl (C=O) groups excluding carboxylic acids is 2. The van der Waals surface area contributed by atoms with E-state index < -0.39 is 12.0 Å². The Morgan fingerprint density at radius 3 is 2.65 bits per heavy atom. The zero-order valence-electron chi connectivity index (χ0n) is 19.2. The molecule has 0 spiro atoms. The van der Waals surface area contributed by atoms with E-state index in [9.17, 15) is 9.59 Å². The zero-order valence-corrected chi connectivity index (χ0v) is 20.0. The summed E-state index contributed by atoms with van der Waals surface area (Å²) in [6, 6.07) is 8.46. The summed E-state index contributed by atoms with van der Waals surface area (Å²) < 4.78 is 12.9. The first-order chi connectivity index (χ1) is 16.5. The third-order valence-electron chi connectivity index (χ3n) is 5.33. The maximum absolute atomic E-state index is 13.1. The fourth-order valence-corrected chi connectivity index (χ4v) is 4.51. The van der Waals surface area contributed by atoms with Gasteiger partial charge in [-0.3, -0.25) is 9.58 Å². The lowest BCUT2D eigenvalue weighted by molar-refractivity contribution is -0.139. The molecule has 3 heterocycles. The first-order valence-corrected chi connectivity index (χ1v) is 12.1. The van der Waals surface area contributed by atoms with Gasteiger partial charge in [0.25, 0.3) is 11.1 Å². The third kappa shape index (κ3) is 4.84. The number of urea groups is 1. The normalized spacial score (nSPS) is 16.0. The average Bonchev–Trinajstić information content (AvgIpc) is 3.52. The SMILES string of the molecule is CCOC(=O)C1=C(CSc2nnc(-c3cnn(CC)c3)o2)N(CC)C(=O)NC1c1ccccc1. The lowest BCUT2D eigenvalue weighted by Crippen LogP contribution is -2.49. The summed E-state index contributed by atoms with van der Waals surface area (Å²) in [5, 5.41) is 15.7. The van der Waals surface area contributed by atoms with Crippen molar-refractivity contribution < 1.29 is 18.7 Å². The fourth-order valence-electron chi connectivity index (χ4n) is 3.70. The van der Waals surface area contributed by atoms with Crippen molar-refractivity contribution in [1.82, 2.24) is 30.2 Å². The van der Waals surface area contributed by atoms with Gasteiger partial charge in [-0.2, -0.15) is 5.10 Å². The molecule has 0 bridgehead atoms. The summed E-state index contributed by atoms with van der Waals surface area (Å²) in [6.07, 6.45) is 3.50. The van der Waals surface area contributed by atoms with Crippen molar-refractivity contribution in [3.63, 3.8) is 0 Å². The Kier molecular flexibility index (Phi) is 7.31. The Balaban J connectivity index is 1.66. The van der Waals surface area contributed by atoms with E-state index in [4.69, 9.17) is 9.15 Å². The Bertz CT molecular complexity index is 1190. The van der Waals surface area contributed by atoms with Crippen molar-refractivity contribution in [3.8, 4) is 11.5 Å². The van der Waals surface area contributed by atoms with Gasteiger partial charge in [0, 0.05) is 30.7 Å². The summed E-state index contributed by atoms with van der Waals surface area (Å²) in [7, 11) is 0. The third-order valence-corrected chi connectivity index (χ3v) is 6.16. The number of hydrogen-bond donors (Lipinski definition) is 1. The molecule has 1 aromatic carbocycles. The largest absolute Gasteiger partial charge is 0.463 e. The molecule has 10 nitrogen and oxygen atoms in total. The van der Waals surface area contributed by atoms with E-state index in [0.29, 0.717) is 28.9 Å². The summed E-state index contributed by atoms with van der Waals surface area (Å²) >= 11 is 1.26. The summed E-state index contributed by atoms with van der Waals surface area (Å²) in [6.45, 7) is 6.94. The molecular weight excluding hydrogens is 456 g/mol. The number of nitrogens with one attached hydrogen (secondary N) is 1. The Morgan fingerprint density at radius 2 is 1.97 bits per heavy atom. The number of carbonyl (C=O) groups is 2. The molecule has 2 aromatic heterocycles. The van der Waals surface area contributed by atoms with Gasteiger partial charge in [0.2, 0.25) is 0 Å². The van der Waals surface area contributed by atoms with Crippen LogP contribution in [0.15, 0.2) is 63.6 Å². The van der Waals surface area contributed by atoms with Crippen molar-refractivity contribution in [3.05, 3.63) is 59.6 Å². The highest BCUT2D eigenvalue weighted by Crippen LogP contribution is 2.34. The van der Waals surface area contributed by atoms with Gasteiger partial charge in [-0.25, -0.2) is 9.59 Å². The van der Waals surface area contributed by atoms with Crippen molar-refractivity contribution in [2.45, 2.75) is 38.6 Å². The highest BCUT2D eigenvalue weighted by molar-refractivity contribution is 7.99. The molecule has 0 aliphatic carbocycles. The van der Waals surface area contributed by atoms with E-state index in [1.807, 2.05) is 50.4 Å². The van der Waals surface area contributed by atoms with E-state index in [1.165, 1.54) is 11.8 Å². The number of hydrogen-bond acceptors (Lipinski definition) is 8. The molecule has 1 atom stereocenters. The number of esters is 1. The van der Waals surface area contributed by atoms with Crippen molar-refractivity contribution in [2.75, 3.05) is 18.9 Å². The quantitative estimate of drug-likeness (QED) is 0.363. The van der Waals surface area contributed by atoms with E-state index >= 15 is 0 Å². The molecular formula is C23H26N6O4S. The molecule has 1 aliphatic rings. The number of benzene rings is 1. The van der Waals surface area contributed by atoms with Crippen LogP contribution in [0.25, 0.3) is 11.5 Å². The number of amides is 2. The Hall–Kier alpha value is -3.60. The van der Waals surface area contributed by atoms with E-state index in [-0.39, 0.29) is 18.4 Å². The van der Waals surface area contributed by atoms with Crippen molar-refractivity contribution in [2.24, 2.45) is 0 Å². The van der Waals surface area contributed by atoms with Gasteiger partial charge in [-0.15, -0.1) is 10.2 Å². The maximum Gasteiger partial charge on any atom is 0.338 e. The predicted octanol–water partition coefficient (Wildman–Crippen LogP) is 3.65. The second-order valence-electron chi connectivity index (χ2n) is 7.36. The Morgan fingerprint density at radius 1 is 1.18 bits per heavy atom. The number of aromatic nitrogens is 4. The van der Waals surface area contributed by atoms with Gasteiger partial charge in [0.1, 0.15) is 0 Å². The molecule has 0 fully saturated rings. The van der Waals surface area contributed by atoms with Crippen LogP contribution < -0.4 is 5.32 Å². The van der Waals surface area contributed by atoms with Gasteiger partial charge < -0.3 is 14.5 Å². The van der Waals surface area contributed by atoms with E-state index in [0.717, 1.165) is 17.7 Å². The fraction of sp³-hybridized carbons (Fsp3) is 0.348. The number of aryl methyl sites for hydroxylation is 1. The molecule has 3 aromatic rings. The lowest BCUT2D eigenvalue weighted by atomic mass is 9.95. The second-order valence-corrected chi connectivity index (χ2v) is 8.29. The van der Waals surface area contributed by atoms with Gasteiger partial charge in [-0.05, 0) is 26.3 Å². The molecule has 0 radical (unpaired) electrons. The number of ether oxygens (including phenoxy) is 1. The summed E-state index contributed by atoms with van der Waals surface area (Å²) in [5.74, 6) is 0.163. The minimum atomic E-state index is -0.621. The van der Waals surface area contributed by atoms with Crippen LogP contribution in [0.3, 0.4) is 0 Å². The maximum atomic E-state index is 13.1. The van der Waals surface area contributed by atoms with Gasteiger partial charge >= 0.3 is 12.0 Å². The minimum absolute atomic E-state index is 0.225. The molecule has 11 heteroatoms. The lowest BCUT2D eigenvalue weighted by Gasteiger charge is -2.36. The highest BCUT2D eigenvalue weighted by Gasteiger charge is 2.37. The standard InChI is InChI=1S/C23H26N6O4S/c1-4-28-13-16(12-24-28)20-26-27-23(33-20)34-14-17-18(21(30)32-6-3)19(15-10-8-7-9-11-15)25-22(31)29(17)5-2/h7-13,19H,4-6,14H2,1-3H3,(H,25,31). The van der Waals surface area contributed by atoms with Crippen molar-refractivity contribution in [1.29, 1.82) is 0 Å². The van der Waals surface area contributed by atoms with Crippen molar-refractivity contribution >= 4 is 23.8 Å². The summed E-state index contributed by atoms with van der Waals surface area (Å²) in [5.41, 5.74) is 2.47. The molecule has 34 heavy (non-hydrogen) atoms. The van der Waals surface area contributed by atoms with Crippen LogP contribution in [0.4, 0.5) is 4.79 Å². The first-order valence-electron chi connectivity index (χ1n) is 11.1. The highest BCUT2D eigenvalue weighted by atomic mass is 32.2. The number of thioether (sulfide) groups is 1. The van der Waals surface area contributed by atoms with Crippen LogP contribution >= 0.6 is 11.8 Å². The molecule has 0 saturated heterocycles. The molecule has 1 N–H and O–H groups in total. The van der Waals surface area contributed by atoms with E-state index in [1.54, 1.807) is 22.7 Å². The monoisotopic (exact) mass is 482 g/mol. The second kappa shape index (κ2) is 10.6. The van der Waals surface area contributed by atoms with E-state index in [2.05, 4.69) is 20.6 Å². The minimum Gasteiger partial charge on any atom is -0.463 e. The van der Waals surface area contributed by atoms with Gasteiger partial charge in [0.05, 0.1) is 30.0 Å². The molecule has 1 unspecified atom stereocenters.